The monoisotopic (exact) mass is 208 g/mol. The third-order valence-corrected chi connectivity index (χ3v) is 1.48. The van der Waals surface area contributed by atoms with Crippen LogP contribution in [-0.4, -0.2) is 56.8 Å². The fourth-order valence-corrected chi connectivity index (χ4v) is 0.652. The van der Waals surface area contributed by atoms with Crippen molar-refractivity contribution in [1.29, 1.82) is 0 Å². The van der Waals surface area contributed by atoms with E-state index in [1.54, 1.807) is 0 Å². The zero-order chi connectivity index (χ0) is 11.5. The van der Waals surface area contributed by atoms with Gasteiger partial charge in [-0.05, 0) is 0 Å². The van der Waals surface area contributed by atoms with Gasteiger partial charge in [-0.2, -0.15) is 0 Å². The predicted molar refractivity (Wildman–Crippen MR) is 34.0 cm³/mol. The minimum absolute atomic E-state index is 2.11. The standard InChI is InChI=1S/C6H10O8/c7-1(3(9)5(11)12)2(8)4(10)6(13)14/h1-4,7-10H,(H,11,12)(H,13,14)/p-2/t1-,2+,3-,4-/m1/s1. The van der Waals surface area contributed by atoms with Crippen molar-refractivity contribution in [3.63, 3.8) is 0 Å². The van der Waals surface area contributed by atoms with Crippen LogP contribution in [0.5, 0.6) is 0 Å². The molecule has 0 radical (unpaired) electrons. The first-order chi connectivity index (χ1) is 6.29. The summed E-state index contributed by atoms with van der Waals surface area (Å²) in [4.78, 5) is 19.9. The van der Waals surface area contributed by atoms with Crippen molar-refractivity contribution in [3.05, 3.63) is 0 Å². The Morgan fingerprint density at radius 3 is 1.14 bits per heavy atom. The molecule has 14 heavy (non-hydrogen) atoms. The Morgan fingerprint density at radius 1 is 0.786 bits per heavy atom. The van der Waals surface area contributed by atoms with Crippen LogP contribution >= 0.6 is 0 Å². The molecule has 0 heterocycles. The van der Waals surface area contributed by atoms with E-state index >= 15 is 0 Å². The fraction of sp³-hybridized carbons (Fsp3) is 0.667. The maximum absolute atomic E-state index is 9.96. The topological polar surface area (TPSA) is 161 Å². The van der Waals surface area contributed by atoms with Gasteiger partial charge >= 0.3 is 0 Å². The highest BCUT2D eigenvalue weighted by Gasteiger charge is 2.31. The van der Waals surface area contributed by atoms with Crippen molar-refractivity contribution in [1.82, 2.24) is 0 Å². The minimum Gasteiger partial charge on any atom is -0.547 e. The first-order valence-electron chi connectivity index (χ1n) is 3.43. The van der Waals surface area contributed by atoms with Crippen LogP contribution in [0.1, 0.15) is 0 Å². The van der Waals surface area contributed by atoms with Gasteiger partial charge in [0, 0.05) is 0 Å². The summed E-state index contributed by atoms with van der Waals surface area (Å²) in [6, 6.07) is 0. The average Bonchev–Trinajstić information content (AvgIpc) is 2.12. The maximum Gasteiger partial charge on any atom is 0.122 e. The van der Waals surface area contributed by atoms with Crippen LogP contribution in [0.3, 0.4) is 0 Å². The van der Waals surface area contributed by atoms with Crippen LogP contribution in [-0.2, 0) is 9.59 Å². The number of carboxylic acid groups (broad SMARTS) is 2. The number of hydrogen-bond acceptors (Lipinski definition) is 8. The van der Waals surface area contributed by atoms with E-state index in [1.807, 2.05) is 0 Å². The third kappa shape index (κ3) is 2.92. The zero-order valence-electron chi connectivity index (χ0n) is 6.73. The summed E-state index contributed by atoms with van der Waals surface area (Å²) in [5.74, 6) is -4.22. The second-order valence-electron chi connectivity index (χ2n) is 2.51. The molecular formula is C6H8O8-2. The number of aliphatic hydroxyl groups excluding tert-OH is 4. The molecule has 0 saturated heterocycles. The molecule has 8 nitrogen and oxygen atoms in total. The predicted octanol–water partition coefficient (Wildman–Crippen LogP) is -6.07. The molecule has 4 N–H and O–H groups in total. The first kappa shape index (κ1) is 12.8. The first-order valence-corrected chi connectivity index (χ1v) is 3.43. The van der Waals surface area contributed by atoms with Gasteiger partial charge in [-0.25, -0.2) is 0 Å². The molecule has 0 unspecified atom stereocenters. The summed E-state index contributed by atoms with van der Waals surface area (Å²) in [6.45, 7) is 0. The molecule has 4 atom stereocenters. The van der Waals surface area contributed by atoms with Crippen LogP contribution in [0.4, 0.5) is 0 Å². The van der Waals surface area contributed by atoms with Gasteiger partial charge in [0.15, 0.2) is 0 Å². The van der Waals surface area contributed by atoms with Crippen LogP contribution < -0.4 is 10.2 Å². The molecule has 82 valence electrons. The molecule has 0 fully saturated rings. The van der Waals surface area contributed by atoms with E-state index in [9.17, 15) is 19.8 Å². The van der Waals surface area contributed by atoms with Crippen molar-refractivity contribution in [2.75, 3.05) is 0 Å². The minimum atomic E-state index is -2.50. The van der Waals surface area contributed by atoms with Gasteiger partial charge in [0.05, 0.1) is 11.9 Å². The largest absolute Gasteiger partial charge is 0.547 e. The Labute approximate surface area is 77.7 Å². The second kappa shape index (κ2) is 4.86. The second-order valence-corrected chi connectivity index (χ2v) is 2.51. The summed E-state index contributed by atoms with van der Waals surface area (Å²) in [6.07, 6.45) is -9.76. The Morgan fingerprint density at radius 2 is 1.00 bits per heavy atom. The Kier molecular flexibility index (Phi) is 4.44. The number of hydrogen-bond donors (Lipinski definition) is 4. The van der Waals surface area contributed by atoms with E-state index in [4.69, 9.17) is 20.4 Å². The summed E-state index contributed by atoms with van der Waals surface area (Å²) in [5, 5.41) is 54.7. The molecule has 0 aromatic carbocycles. The molecule has 0 aromatic rings. The fourth-order valence-electron chi connectivity index (χ4n) is 0.652. The summed E-state index contributed by atoms with van der Waals surface area (Å²) < 4.78 is 0. The molecule has 0 rings (SSSR count). The van der Waals surface area contributed by atoms with Gasteiger partial charge in [0.2, 0.25) is 0 Å². The zero-order valence-corrected chi connectivity index (χ0v) is 6.73. The van der Waals surface area contributed by atoms with Gasteiger partial charge in [-0.15, -0.1) is 0 Å². The molecule has 0 saturated carbocycles. The quantitative estimate of drug-likeness (QED) is 0.347. The summed E-state index contributed by atoms with van der Waals surface area (Å²) in [7, 11) is 0. The molecule has 0 aliphatic heterocycles. The summed E-state index contributed by atoms with van der Waals surface area (Å²) >= 11 is 0. The molecule has 0 aliphatic rings. The van der Waals surface area contributed by atoms with Crippen molar-refractivity contribution in [3.8, 4) is 0 Å². The van der Waals surface area contributed by atoms with Gasteiger partial charge in [0.1, 0.15) is 24.4 Å². The SMILES string of the molecule is O=C([O-])[C@H](O)[C@H](O)[C@H](O)[C@@H](O)C(=O)[O-]. The molecule has 0 aromatic heterocycles. The van der Waals surface area contributed by atoms with Crippen LogP contribution in [0, 0.1) is 0 Å². The third-order valence-electron chi connectivity index (χ3n) is 1.48. The molecule has 0 bridgehead atoms. The Balaban J connectivity index is 4.45. The molecular weight excluding hydrogens is 200 g/mol. The van der Waals surface area contributed by atoms with Gasteiger partial charge in [0.25, 0.3) is 0 Å². The van der Waals surface area contributed by atoms with Crippen LogP contribution in [0.2, 0.25) is 0 Å². The van der Waals surface area contributed by atoms with E-state index in [-0.39, 0.29) is 0 Å². The molecule has 0 aliphatic carbocycles. The van der Waals surface area contributed by atoms with Crippen molar-refractivity contribution >= 4 is 11.9 Å². The normalized spacial score (nSPS) is 19.4. The van der Waals surface area contributed by atoms with Crippen molar-refractivity contribution in [2.45, 2.75) is 24.4 Å². The summed E-state index contributed by atoms with van der Waals surface area (Å²) in [5.41, 5.74) is 0. The lowest BCUT2D eigenvalue weighted by atomic mass is 10.0. The smallest absolute Gasteiger partial charge is 0.122 e. The van der Waals surface area contributed by atoms with E-state index in [1.165, 1.54) is 0 Å². The average molecular weight is 208 g/mol. The Hall–Kier alpha value is -1.22. The van der Waals surface area contributed by atoms with E-state index in [2.05, 4.69) is 0 Å². The number of carbonyl (C=O) groups excluding carboxylic acids is 2. The van der Waals surface area contributed by atoms with Crippen molar-refractivity contribution in [2.24, 2.45) is 0 Å². The lowest BCUT2D eigenvalue weighted by Gasteiger charge is -2.27. The maximum atomic E-state index is 9.96. The van der Waals surface area contributed by atoms with Gasteiger partial charge < -0.3 is 40.2 Å². The van der Waals surface area contributed by atoms with E-state index in [0.717, 1.165) is 0 Å². The van der Waals surface area contributed by atoms with E-state index in [0.29, 0.717) is 0 Å². The van der Waals surface area contributed by atoms with Gasteiger partial charge in [-0.1, -0.05) is 0 Å². The number of aliphatic hydroxyl groups is 4. The van der Waals surface area contributed by atoms with E-state index < -0.39 is 36.4 Å². The van der Waals surface area contributed by atoms with Crippen LogP contribution in [0.15, 0.2) is 0 Å². The number of carboxylic acids is 2. The number of rotatable bonds is 5. The van der Waals surface area contributed by atoms with Gasteiger partial charge in [-0.3, -0.25) is 0 Å². The molecule has 8 heteroatoms. The van der Waals surface area contributed by atoms with Crippen molar-refractivity contribution < 1.29 is 40.2 Å². The molecule has 0 spiro atoms. The number of carbonyl (C=O) groups is 2. The lowest BCUT2D eigenvalue weighted by Crippen LogP contribution is -2.55. The highest BCUT2D eigenvalue weighted by atomic mass is 16.4. The van der Waals surface area contributed by atoms with Crippen LogP contribution in [0.25, 0.3) is 0 Å². The number of aliphatic carboxylic acids is 2. The molecule has 0 amide bonds. The highest BCUT2D eigenvalue weighted by molar-refractivity contribution is 5.72. The lowest BCUT2D eigenvalue weighted by molar-refractivity contribution is -0.327. The Bertz CT molecular complexity index is 202. The highest BCUT2D eigenvalue weighted by Crippen LogP contribution is 2.04.